The number of nitrogens with zero attached hydrogens (tertiary/aromatic N) is 1. The van der Waals surface area contributed by atoms with E-state index in [1.807, 2.05) is 38.1 Å². The van der Waals surface area contributed by atoms with Crippen LogP contribution in [-0.2, 0) is 17.8 Å². The number of hydrogen-bond donors (Lipinski definition) is 3. The molecule has 0 radical (unpaired) electrons. The predicted octanol–water partition coefficient (Wildman–Crippen LogP) is 2.37. The highest BCUT2D eigenvalue weighted by atomic mass is 16.5. The third-order valence-electron chi connectivity index (χ3n) is 4.25. The zero-order valence-electron chi connectivity index (χ0n) is 17.3. The summed E-state index contributed by atoms with van der Waals surface area (Å²) in [4.78, 5) is 15.6. The van der Waals surface area contributed by atoms with Crippen molar-refractivity contribution >= 4 is 11.9 Å². The Morgan fingerprint density at radius 3 is 2.62 bits per heavy atom. The van der Waals surface area contributed by atoms with E-state index in [-0.39, 0.29) is 0 Å². The minimum atomic E-state index is -0.439. The number of carbonyl (C=O) groups excluding carboxylic acids is 1. The molecule has 0 aromatic heterocycles. The average molecular weight is 399 g/mol. The third-order valence-corrected chi connectivity index (χ3v) is 4.25. The second-order valence-corrected chi connectivity index (χ2v) is 6.50. The van der Waals surface area contributed by atoms with Gasteiger partial charge in [-0.05, 0) is 43.2 Å². The molecule has 156 valence electrons. The molecule has 0 heterocycles. The summed E-state index contributed by atoms with van der Waals surface area (Å²) in [6, 6.07) is 13.3. The molecule has 0 aliphatic carbocycles. The van der Waals surface area contributed by atoms with Gasteiger partial charge in [-0.25, -0.2) is 0 Å². The molecule has 2 aromatic rings. The third kappa shape index (κ3) is 7.46. The SMILES string of the molecule is CCOCCOc1cc(C)ccc1CNC(=NC)NCc1cccc(C(N)=O)c1. The van der Waals surface area contributed by atoms with Gasteiger partial charge in [0.2, 0.25) is 5.91 Å². The number of rotatable bonds is 10. The first-order valence-electron chi connectivity index (χ1n) is 9.66. The molecular weight excluding hydrogens is 368 g/mol. The molecule has 2 rings (SSSR count). The van der Waals surface area contributed by atoms with Crippen molar-refractivity contribution in [2.45, 2.75) is 26.9 Å². The number of primary amides is 1. The van der Waals surface area contributed by atoms with Gasteiger partial charge in [0.15, 0.2) is 5.96 Å². The molecule has 0 saturated carbocycles. The molecule has 0 spiro atoms. The Labute approximate surface area is 172 Å². The quantitative estimate of drug-likeness (QED) is 0.324. The molecule has 0 aliphatic rings. The number of amides is 1. The number of ether oxygens (including phenoxy) is 2. The van der Waals surface area contributed by atoms with E-state index in [1.54, 1.807) is 19.2 Å². The summed E-state index contributed by atoms with van der Waals surface area (Å²) >= 11 is 0. The van der Waals surface area contributed by atoms with Gasteiger partial charge in [-0.1, -0.05) is 24.3 Å². The fourth-order valence-corrected chi connectivity index (χ4v) is 2.72. The summed E-state index contributed by atoms with van der Waals surface area (Å²) in [5.74, 6) is 1.04. The Kier molecular flexibility index (Phi) is 8.98. The fraction of sp³-hybridized carbons (Fsp3) is 0.364. The number of benzene rings is 2. The van der Waals surface area contributed by atoms with Crippen molar-refractivity contribution in [1.82, 2.24) is 10.6 Å². The van der Waals surface area contributed by atoms with Crippen LogP contribution >= 0.6 is 0 Å². The van der Waals surface area contributed by atoms with Crippen LogP contribution < -0.4 is 21.1 Å². The second-order valence-electron chi connectivity index (χ2n) is 6.50. The molecule has 0 aliphatic heterocycles. The molecule has 0 bridgehead atoms. The van der Waals surface area contributed by atoms with Crippen molar-refractivity contribution in [3.63, 3.8) is 0 Å². The lowest BCUT2D eigenvalue weighted by molar-refractivity contribution is 0.1000. The molecule has 0 unspecified atom stereocenters. The van der Waals surface area contributed by atoms with Crippen molar-refractivity contribution in [1.29, 1.82) is 0 Å². The summed E-state index contributed by atoms with van der Waals surface area (Å²) in [7, 11) is 1.71. The van der Waals surface area contributed by atoms with Crippen LogP contribution in [0, 0.1) is 6.92 Å². The number of nitrogens with one attached hydrogen (secondary N) is 2. The van der Waals surface area contributed by atoms with E-state index in [4.69, 9.17) is 15.2 Å². The van der Waals surface area contributed by atoms with Crippen LogP contribution in [0.2, 0.25) is 0 Å². The van der Waals surface area contributed by atoms with E-state index in [0.717, 1.165) is 22.4 Å². The van der Waals surface area contributed by atoms with Gasteiger partial charge in [0.05, 0.1) is 6.61 Å². The van der Waals surface area contributed by atoms with Gasteiger partial charge in [-0.2, -0.15) is 0 Å². The Morgan fingerprint density at radius 2 is 1.90 bits per heavy atom. The number of guanidine groups is 1. The normalized spacial score (nSPS) is 11.2. The zero-order valence-corrected chi connectivity index (χ0v) is 17.3. The number of aryl methyl sites for hydroxylation is 1. The highest BCUT2D eigenvalue weighted by molar-refractivity contribution is 5.92. The van der Waals surface area contributed by atoms with Crippen LogP contribution in [0.1, 0.15) is 34.0 Å². The Hall–Kier alpha value is -3.06. The average Bonchev–Trinajstić information content (AvgIpc) is 2.72. The minimum Gasteiger partial charge on any atom is -0.491 e. The van der Waals surface area contributed by atoms with E-state index < -0.39 is 5.91 Å². The number of aliphatic imine (C=N–C) groups is 1. The maximum Gasteiger partial charge on any atom is 0.248 e. The number of carbonyl (C=O) groups is 1. The zero-order chi connectivity index (χ0) is 21.1. The number of nitrogens with two attached hydrogens (primary N) is 1. The molecule has 2 aromatic carbocycles. The first kappa shape index (κ1) is 22.2. The summed E-state index contributed by atoms with van der Waals surface area (Å²) in [6.07, 6.45) is 0. The molecule has 0 saturated heterocycles. The lowest BCUT2D eigenvalue weighted by Crippen LogP contribution is -2.36. The van der Waals surface area contributed by atoms with Gasteiger partial charge in [-0.3, -0.25) is 9.79 Å². The lowest BCUT2D eigenvalue weighted by atomic mass is 10.1. The summed E-state index contributed by atoms with van der Waals surface area (Å²) in [5, 5.41) is 6.53. The van der Waals surface area contributed by atoms with Crippen molar-refractivity contribution in [3.05, 3.63) is 64.7 Å². The molecule has 7 nitrogen and oxygen atoms in total. The Morgan fingerprint density at radius 1 is 1.10 bits per heavy atom. The van der Waals surface area contributed by atoms with Crippen molar-refractivity contribution in [3.8, 4) is 5.75 Å². The van der Waals surface area contributed by atoms with Crippen molar-refractivity contribution in [2.24, 2.45) is 10.7 Å². The van der Waals surface area contributed by atoms with Crippen LogP contribution in [0.15, 0.2) is 47.5 Å². The van der Waals surface area contributed by atoms with Gasteiger partial charge in [0.1, 0.15) is 12.4 Å². The largest absolute Gasteiger partial charge is 0.491 e. The Bertz CT molecular complexity index is 837. The van der Waals surface area contributed by atoms with E-state index in [1.165, 1.54) is 0 Å². The van der Waals surface area contributed by atoms with E-state index in [0.29, 0.717) is 44.4 Å². The smallest absolute Gasteiger partial charge is 0.248 e. The molecule has 29 heavy (non-hydrogen) atoms. The second kappa shape index (κ2) is 11.7. The highest BCUT2D eigenvalue weighted by Gasteiger charge is 2.07. The Balaban J connectivity index is 1.93. The maximum atomic E-state index is 11.3. The van der Waals surface area contributed by atoms with Gasteiger partial charge >= 0.3 is 0 Å². The maximum absolute atomic E-state index is 11.3. The van der Waals surface area contributed by atoms with Crippen molar-refractivity contribution < 1.29 is 14.3 Å². The summed E-state index contributed by atoms with van der Waals surface area (Å²) in [6.45, 7) is 6.82. The summed E-state index contributed by atoms with van der Waals surface area (Å²) in [5.41, 5.74) is 8.94. The van der Waals surface area contributed by atoms with Crippen LogP contribution in [0.3, 0.4) is 0 Å². The van der Waals surface area contributed by atoms with Crippen LogP contribution in [0.4, 0.5) is 0 Å². The molecule has 7 heteroatoms. The van der Waals surface area contributed by atoms with Crippen LogP contribution in [0.25, 0.3) is 0 Å². The monoisotopic (exact) mass is 398 g/mol. The van der Waals surface area contributed by atoms with Gasteiger partial charge < -0.3 is 25.8 Å². The van der Waals surface area contributed by atoms with Crippen molar-refractivity contribution in [2.75, 3.05) is 26.9 Å². The van der Waals surface area contributed by atoms with E-state index in [9.17, 15) is 4.79 Å². The highest BCUT2D eigenvalue weighted by Crippen LogP contribution is 2.20. The predicted molar refractivity (Wildman–Crippen MR) is 115 cm³/mol. The minimum absolute atomic E-state index is 0.439. The molecule has 0 fully saturated rings. The molecule has 0 atom stereocenters. The first-order chi connectivity index (χ1) is 14.0. The fourth-order valence-electron chi connectivity index (χ4n) is 2.72. The molecule has 1 amide bonds. The van der Waals surface area contributed by atoms with Gasteiger partial charge in [0.25, 0.3) is 0 Å². The lowest BCUT2D eigenvalue weighted by Gasteiger charge is -2.16. The van der Waals surface area contributed by atoms with Gasteiger partial charge in [-0.15, -0.1) is 0 Å². The summed E-state index contributed by atoms with van der Waals surface area (Å²) < 4.78 is 11.2. The van der Waals surface area contributed by atoms with E-state index in [2.05, 4.69) is 21.7 Å². The first-order valence-corrected chi connectivity index (χ1v) is 9.66. The molecular formula is C22H30N4O3. The topological polar surface area (TPSA) is 98.0 Å². The van der Waals surface area contributed by atoms with Gasteiger partial charge in [0, 0.05) is 37.9 Å². The van der Waals surface area contributed by atoms with Crippen LogP contribution in [0.5, 0.6) is 5.75 Å². The van der Waals surface area contributed by atoms with Crippen LogP contribution in [-0.4, -0.2) is 38.7 Å². The molecule has 4 N–H and O–H groups in total. The number of hydrogen-bond acceptors (Lipinski definition) is 4. The van der Waals surface area contributed by atoms with E-state index >= 15 is 0 Å². The standard InChI is InChI=1S/C22H30N4O3/c1-4-28-10-11-29-20-12-16(2)8-9-19(20)15-26-22(24-3)25-14-17-6-5-7-18(13-17)21(23)27/h5-9,12-13H,4,10-11,14-15H2,1-3H3,(H2,23,27)(H2,24,25,26).